The van der Waals surface area contributed by atoms with Crippen molar-refractivity contribution in [3.63, 3.8) is 0 Å². The molecule has 0 aliphatic carbocycles. The maximum Gasteiger partial charge on any atom is 0.335 e. The number of rotatable bonds is 2. The Labute approximate surface area is 111 Å². The number of amides is 1. The second-order valence-corrected chi connectivity index (χ2v) is 4.70. The molecule has 0 aromatic heterocycles. The summed E-state index contributed by atoms with van der Waals surface area (Å²) in [6, 6.07) is 6.10. The molecule has 0 spiro atoms. The summed E-state index contributed by atoms with van der Waals surface area (Å²) >= 11 is 0. The van der Waals surface area contributed by atoms with Crippen molar-refractivity contribution in [2.45, 2.75) is 26.0 Å². The summed E-state index contributed by atoms with van der Waals surface area (Å²) in [4.78, 5) is 25.1. The topological polar surface area (TPSA) is 66.8 Å². The number of carboxylic acid groups (broad SMARTS) is 1. The minimum absolute atomic E-state index is 0.0136. The van der Waals surface area contributed by atoms with Gasteiger partial charge in [-0.3, -0.25) is 4.79 Å². The van der Waals surface area contributed by atoms with Gasteiger partial charge in [-0.2, -0.15) is 0 Å². The molecule has 2 atom stereocenters. The zero-order valence-electron chi connectivity index (χ0n) is 11.0. The average Bonchev–Trinajstić information content (AvgIpc) is 2.41. The van der Waals surface area contributed by atoms with E-state index in [0.29, 0.717) is 18.7 Å². The molecule has 5 nitrogen and oxygen atoms in total. The zero-order chi connectivity index (χ0) is 14.0. The van der Waals surface area contributed by atoms with E-state index in [2.05, 4.69) is 0 Å². The van der Waals surface area contributed by atoms with Crippen LogP contribution in [-0.2, 0) is 4.74 Å². The normalized spacial score (nSPS) is 23.2. The smallest absolute Gasteiger partial charge is 0.335 e. The van der Waals surface area contributed by atoms with Crippen LogP contribution in [0.25, 0.3) is 0 Å². The number of nitrogens with zero attached hydrogens (tertiary/aromatic N) is 1. The standard InChI is InChI=1S/C14H17NO4/c1-9-10(2)19-7-6-15(9)13(16)11-4-3-5-12(8-11)14(17)18/h3-5,8-10H,6-7H2,1-2H3,(H,17,18). The van der Waals surface area contributed by atoms with Crippen LogP contribution in [0.4, 0.5) is 0 Å². The van der Waals surface area contributed by atoms with Gasteiger partial charge >= 0.3 is 5.97 Å². The second kappa shape index (κ2) is 5.40. The van der Waals surface area contributed by atoms with Gasteiger partial charge in [-0.1, -0.05) is 6.07 Å². The van der Waals surface area contributed by atoms with Gasteiger partial charge in [0.15, 0.2) is 0 Å². The highest BCUT2D eigenvalue weighted by Crippen LogP contribution is 2.17. The monoisotopic (exact) mass is 263 g/mol. The fraction of sp³-hybridized carbons (Fsp3) is 0.429. The number of hydrogen-bond donors (Lipinski definition) is 1. The van der Waals surface area contributed by atoms with Gasteiger partial charge in [0.1, 0.15) is 0 Å². The second-order valence-electron chi connectivity index (χ2n) is 4.70. The summed E-state index contributed by atoms with van der Waals surface area (Å²) < 4.78 is 5.48. The molecule has 5 heteroatoms. The van der Waals surface area contributed by atoms with E-state index in [1.165, 1.54) is 12.1 Å². The molecule has 1 heterocycles. The first kappa shape index (κ1) is 13.5. The molecule has 102 valence electrons. The molecule has 0 bridgehead atoms. The van der Waals surface area contributed by atoms with Crippen LogP contribution < -0.4 is 0 Å². The highest BCUT2D eigenvalue weighted by Gasteiger charge is 2.29. The summed E-state index contributed by atoms with van der Waals surface area (Å²) in [6.07, 6.45) is -0.0136. The Bertz CT molecular complexity index is 500. The van der Waals surface area contributed by atoms with Gasteiger partial charge in [-0.15, -0.1) is 0 Å². The molecule has 2 unspecified atom stereocenters. The van der Waals surface area contributed by atoms with E-state index in [1.54, 1.807) is 17.0 Å². The molecule has 1 amide bonds. The van der Waals surface area contributed by atoms with Crippen molar-refractivity contribution in [3.05, 3.63) is 35.4 Å². The zero-order valence-corrected chi connectivity index (χ0v) is 11.0. The third kappa shape index (κ3) is 2.76. The summed E-state index contributed by atoms with van der Waals surface area (Å²) in [7, 11) is 0. The Hall–Kier alpha value is -1.88. The summed E-state index contributed by atoms with van der Waals surface area (Å²) in [5.41, 5.74) is 0.528. The van der Waals surface area contributed by atoms with Crippen LogP contribution in [0.2, 0.25) is 0 Å². The van der Waals surface area contributed by atoms with Gasteiger partial charge in [0.25, 0.3) is 5.91 Å². The average molecular weight is 263 g/mol. The Morgan fingerprint density at radius 2 is 2.00 bits per heavy atom. The molecule has 1 aromatic rings. The number of hydrogen-bond acceptors (Lipinski definition) is 3. The van der Waals surface area contributed by atoms with Gasteiger partial charge in [-0.25, -0.2) is 4.79 Å². The molecular formula is C14H17NO4. The van der Waals surface area contributed by atoms with Gasteiger partial charge in [0, 0.05) is 12.1 Å². The van der Waals surface area contributed by atoms with Crippen molar-refractivity contribution < 1.29 is 19.4 Å². The number of benzene rings is 1. The lowest BCUT2D eigenvalue weighted by Gasteiger charge is -2.37. The van der Waals surface area contributed by atoms with Crippen molar-refractivity contribution in [2.75, 3.05) is 13.2 Å². The van der Waals surface area contributed by atoms with E-state index < -0.39 is 5.97 Å². The summed E-state index contributed by atoms with van der Waals surface area (Å²) in [6.45, 7) is 4.90. The molecule has 1 aliphatic heterocycles. The lowest BCUT2D eigenvalue weighted by Crippen LogP contribution is -2.51. The number of carbonyl (C=O) groups excluding carboxylic acids is 1. The SMILES string of the molecule is CC1OCCN(C(=O)c2cccc(C(=O)O)c2)C1C. The fourth-order valence-electron chi connectivity index (χ4n) is 2.17. The van der Waals surface area contributed by atoms with E-state index in [0.717, 1.165) is 0 Å². The van der Waals surface area contributed by atoms with Crippen LogP contribution >= 0.6 is 0 Å². The predicted octanol–water partition coefficient (Wildman–Crippen LogP) is 1.63. The largest absolute Gasteiger partial charge is 0.478 e. The van der Waals surface area contributed by atoms with E-state index in [1.807, 2.05) is 13.8 Å². The minimum Gasteiger partial charge on any atom is -0.478 e. The first-order valence-corrected chi connectivity index (χ1v) is 6.26. The highest BCUT2D eigenvalue weighted by molar-refractivity contribution is 5.97. The molecule has 0 saturated carbocycles. The first-order valence-electron chi connectivity index (χ1n) is 6.26. The summed E-state index contributed by atoms with van der Waals surface area (Å²) in [5, 5.41) is 8.95. The molecule has 0 radical (unpaired) electrons. The third-order valence-electron chi connectivity index (χ3n) is 3.50. The fourth-order valence-corrected chi connectivity index (χ4v) is 2.17. The Morgan fingerprint density at radius 3 is 2.68 bits per heavy atom. The number of aromatic carboxylic acids is 1. The Balaban J connectivity index is 2.23. The quantitative estimate of drug-likeness (QED) is 0.880. The lowest BCUT2D eigenvalue weighted by molar-refractivity contribution is -0.0440. The minimum atomic E-state index is -1.03. The van der Waals surface area contributed by atoms with Crippen molar-refractivity contribution in [1.29, 1.82) is 0 Å². The van der Waals surface area contributed by atoms with E-state index in [4.69, 9.17) is 9.84 Å². The highest BCUT2D eigenvalue weighted by atomic mass is 16.5. The van der Waals surface area contributed by atoms with Gasteiger partial charge in [0.2, 0.25) is 0 Å². The molecule has 1 aromatic carbocycles. The van der Waals surface area contributed by atoms with Crippen LogP contribution in [0, 0.1) is 0 Å². The van der Waals surface area contributed by atoms with Gasteiger partial charge in [-0.05, 0) is 32.0 Å². The van der Waals surface area contributed by atoms with Gasteiger partial charge in [0.05, 0.1) is 24.3 Å². The molecule has 2 rings (SSSR count). The molecule has 1 N–H and O–H groups in total. The number of ether oxygens (including phenoxy) is 1. The first-order chi connectivity index (χ1) is 9.00. The van der Waals surface area contributed by atoms with Gasteiger partial charge < -0.3 is 14.7 Å². The number of morpholine rings is 1. The number of carbonyl (C=O) groups is 2. The van der Waals surface area contributed by atoms with Crippen molar-refractivity contribution in [3.8, 4) is 0 Å². The van der Waals surface area contributed by atoms with E-state index in [-0.39, 0.29) is 23.6 Å². The van der Waals surface area contributed by atoms with Crippen LogP contribution in [0.5, 0.6) is 0 Å². The van der Waals surface area contributed by atoms with Crippen molar-refractivity contribution in [1.82, 2.24) is 4.90 Å². The lowest BCUT2D eigenvalue weighted by atomic mass is 10.1. The van der Waals surface area contributed by atoms with Crippen LogP contribution in [0.1, 0.15) is 34.6 Å². The van der Waals surface area contributed by atoms with Crippen molar-refractivity contribution in [2.24, 2.45) is 0 Å². The Kier molecular flexibility index (Phi) is 3.85. The van der Waals surface area contributed by atoms with E-state index >= 15 is 0 Å². The van der Waals surface area contributed by atoms with Crippen LogP contribution in [-0.4, -0.2) is 47.2 Å². The predicted molar refractivity (Wildman–Crippen MR) is 69.3 cm³/mol. The molecule has 19 heavy (non-hydrogen) atoms. The Morgan fingerprint density at radius 1 is 1.32 bits per heavy atom. The maximum atomic E-state index is 12.4. The number of carboxylic acids is 1. The van der Waals surface area contributed by atoms with Crippen molar-refractivity contribution >= 4 is 11.9 Å². The summed E-state index contributed by atoms with van der Waals surface area (Å²) in [5.74, 6) is -1.18. The molecule has 1 fully saturated rings. The maximum absolute atomic E-state index is 12.4. The van der Waals surface area contributed by atoms with E-state index in [9.17, 15) is 9.59 Å². The third-order valence-corrected chi connectivity index (χ3v) is 3.50. The van der Waals surface area contributed by atoms with Crippen LogP contribution in [0.15, 0.2) is 24.3 Å². The molecular weight excluding hydrogens is 246 g/mol. The van der Waals surface area contributed by atoms with Crippen LogP contribution in [0.3, 0.4) is 0 Å². The molecule has 1 aliphatic rings. The molecule has 1 saturated heterocycles.